The van der Waals surface area contributed by atoms with Crippen molar-refractivity contribution < 1.29 is 4.79 Å². The normalized spacial score (nSPS) is 34.3. The number of hydrogen-bond donors (Lipinski definition) is 2. The van der Waals surface area contributed by atoms with Crippen molar-refractivity contribution in [2.24, 2.45) is 11.7 Å². The molecule has 1 aliphatic heterocycles. The van der Waals surface area contributed by atoms with Crippen molar-refractivity contribution >= 4 is 17.7 Å². The molecule has 98 valence electrons. The Morgan fingerprint density at radius 3 is 2.65 bits per heavy atom. The van der Waals surface area contributed by atoms with Gasteiger partial charge in [-0.25, -0.2) is 0 Å². The van der Waals surface area contributed by atoms with Crippen molar-refractivity contribution in [2.75, 3.05) is 12.3 Å². The Balaban J connectivity index is 1.83. The first-order chi connectivity index (χ1) is 8.31. The van der Waals surface area contributed by atoms with Crippen molar-refractivity contribution in [2.45, 2.75) is 56.2 Å². The van der Waals surface area contributed by atoms with Gasteiger partial charge in [-0.05, 0) is 43.9 Å². The first-order valence-corrected chi connectivity index (χ1v) is 7.98. The Bertz CT molecular complexity index is 254. The molecule has 3 unspecified atom stereocenters. The van der Waals surface area contributed by atoms with Gasteiger partial charge in [0.05, 0.1) is 5.25 Å². The highest BCUT2D eigenvalue weighted by molar-refractivity contribution is 8.00. The molecule has 2 aliphatic rings. The molecule has 4 heteroatoms. The van der Waals surface area contributed by atoms with Gasteiger partial charge in [-0.1, -0.05) is 19.3 Å². The zero-order valence-corrected chi connectivity index (χ0v) is 11.3. The van der Waals surface area contributed by atoms with Gasteiger partial charge in [-0.2, -0.15) is 0 Å². The fourth-order valence-corrected chi connectivity index (χ4v) is 4.11. The summed E-state index contributed by atoms with van der Waals surface area (Å²) in [4.78, 5) is 12.2. The van der Waals surface area contributed by atoms with E-state index in [-0.39, 0.29) is 11.2 Å². The number of rotatable bonds is 3. The molecule has 1 heterocycles. The van der Waals surface area contributed by atoms with Crippen LogP contribution in [0.4, 0.5) is 0 Å². The van der Waals surface area contributed by atoms with E-state index in [1.807, 2.05) is 11.8 Å². The topological polar surface area (TPSA) is 55.1 Å². The van der Waals surface area contributed by atoms with E-state index in [1.54, 1.807) is 0 Å². The van der Waals surface area contributed by atoms with Crippen LogP contribution < -0.4 is 11.1 Å². The van der Waals surface area contributed by atoms with Crippen LogP contribution in [0, 0.1) is 5.92 Å². The molecule has 2 rings (SSSR count). The van der Waals surface area contributed by atoms with E-state index in [4.69, 9.17) is 5.73 Å². The molecule has 0 aromatic carbocycles. The number of nitrogens with two attached hydrogens (primary N) is 1. The Hall–Kier alpha value is -0.220. The lowest BCUT2D eigenvalue weighted by atomic mass is 9.84. The molecule has 2 fully saturated rings. The molecule has 1 amide bonds. The molecule has 1 saturated carbocycles. The number of carbonyl (C=O) groups excluding carboxylic acids is 1. The van der Waals surface area contributed by atoms with Gasteiger partial charge < -0.3 is 11.1 Å². The minimum atomic E-state index is 0.198. The Morgan fingerprint density at radius 2 is 1.94 bits per heavy atom. The van der Waals surface area contributed by atoms with Crippen LogP contribution in [-0.2, 0) is 4.79 Å². The molecule has 0 spiro atoms. The zero-order valence-electron chi connectivity index (χ0n) is 10.5. The monoisotopic (exact) mass is 256 g/mol. The van der Waals surface area contributed by atoms with E-state index in [2.05, 4.69) is 5.32 Å². The highest BCUT2D eigenvalue weighted by atomic mass is 32.2. The van der Waals surface area contributed by atoms with Crippen molar-refractivity contribution in [3.8, 4) is 0 Å². The third kappa shape index (κ3) is 3.62. The highest BCUT2D eigenvalue weighted by Gasteiger charge is 2.28. The van der Waals surface area contributed by atoms with Gasteiger partial charge in [0.15, 0.2) is 0 Å². The Labute approximate surface area is 108 Å². The molecule has 1 saturated heterocycles. The van der Waals surface area contributed by atoms with E-state index in [0.29, 0.717) is 18.5 Å². The second-order valence-corrected chi connectivity index (χ2v) is 6.56. The predicted molar refractivity (Wildman–Crippen MR) is 73.0 cm³/mol. The first kappa shape index (κ1) is 13.2. The van der Waals surface area contributed by atoms with E-state index < -0.39 is 0 Å². The maximum Gasteiger partial charge on any atom is 0.233 e. The largest absolute Gasteiger partial charge is 0.352 e. The van der Waals surface area contributed by atoms with Gasteiger partial charge in [0.1, 0.15) is 0 Å². The number of thioether (sulfide) groups is 1. The molecule has 3 atom stereocenters. The lowest BCUT2D eigenvalue weighted by molar-refractivity contribution is -0.122. The number of hydrogen-bond acceptors (Lipinski definition) is 3. The molecule has 0 radical (unpaired) electrons. The lowest BCUT2D eigenvalue weighted by Gasteiger charge is -2.33. The summed E-state index contributed by atoms with van der Waals surface area (Å²) in [6.07, 6.45) is 8.33. The van der Waals surface area contributed by atoms with Crippen LogP contribution >= 0.6 is 11.8 Å². The standard InChI is InChI=1S/C13H24N2OS/c14-9-10-5-1-2-6-11(10)15-13(16)12-7-3-4-8-17-12/h10-12H,1-9,14H2,(H,15,16). The van der Waals surface area contributed by atoms with E-state index in [9.17, 15) is 4.79 Å². The molecule has 0 aromatic rings. The quantitative estimate of drug-likeness (QED) is 0.811. The van der Waals surface area contributed by atoms with Crippen LogP contribution in [0.2, 0.25) is 0 Å². The Morgan fingerprint density at radius 1 is 1.18 bits per heavy atom. The van der Waals surface area contributed by atoms with Gasteiger partial charge in [0.25, 0.3) is 0 Å². The van der Waals surface area contributed by atoms with Crippen LogP contribution in [0.3, 0.4) is 0 Å². The molecule has 17 heavy (non-hydrogen) atoms. The summed E-state index contributed by atoms with van der Waals surface area (Å²) in [7, 11) is 0. The molecule has 3 nitrogen and oxygen atoms in total. The maximum absolute atomic E-state index is 12.2. The summed E-state index contributed by atoms with van der Waals surface area (Å²) in [6, 6.07) is 0.337. The van der Waals surface area contributed by atoms with Crippen molar-refractivity contribution in [3.63, 3.8) is 0 Å². The van der Waals surface area contributed by atoms with Crippen molar-refractivity contribution in [1.82, 2.24) is 5.32 Å². The summed E-state index contributed by atoms with van der Waals surface area (Å²) in [5.74, 6) is 1.91. The maximum atomic E-state index is 12.2. The van der Waals surface area contributed by atoms with Crippen LogP contribution in [0.1, 0.15) is 44.9 Å². The fourth-order valence-electron chi connectivity index (χ4n) is 2.90. The fraction of sp³-hybridized carbons (Fsp3) is 0.923. The number of carbonyl (C=O) groups is 1. The predicted octanol–water partition coefficient (Wildman–Crippen LogP) is 1.91. The van der Waals surface area contributed by atoms with Crippen LogP contribution in [0.15, 0.2) is 0 Å². The van der Waals surface area contributed by atoms with Crippen molar-refractivity contribution in [1.29, 1.82) is 0 Å². The third-order valence-electron chi connectivity index (χ3n) is 4.01. The van der Waals surface area contributed by atoms with E-state index >= 15 is 0 Å². The minimum Gasteiger partial charge on any atom is -0.352 e. The average Bonchev–Trinajstić information content (AvgIpc) is 2.40. The Kier molecular flexibility index (Phi) is 5.16. The molecule has 0 aromatic heterocycles. The average molecular weight is 256 g/mol. The molecule has 1 aliphatic carbocycles. The summed E-state index contributed by atoms with van der Waals surface area (Å²) >= 11 is 1.83. The van der Waals surface area contributed by atoms with Crippen LogP contribution in [0.25, 0.3) is 0 Å². The SMILES string of the molecule is NCC1CCCCC1NC(=O)C1CCCCS1. The summed E-state index contributed by atoms with van der Waals surface area (Å²) in [6.45, 7) is 0.711. The minimum absolute atomic E-state index is 0.198. The van der Waals surface area contributed by atoms with Gasteiger partial charge in [0.2, 0.25) is 5.91 Å². The van der Waals surface area contributed by atoms with Crippen LogP contribution in [-0.4, -0.2) is 29.5 Å². The lowest BCUT2D eigenvalue weighted by Crippen LogP contribution is -2.47. The van der Waals surface area contributed by atoms with Crippen molar-refractivity contribution in [3.05, 3.63) is 0 Å². The van der Waals surface area contributed by atoms with Gasteiger partial charge in [0, 0.05) is 6.04 Å². The number of nitrogens with one attached hydrogen (secondary N) is 1. The van der Waals surface area contributed by atoms with E-state index in [1.165, 1.54) is 32.1 Å². The smallest absolute Gasteiger partial charge is 0.233 e. The van der Waals surface area contributed by atoms with E-state index in [0.717, 1.165) is 18.6 Å². The molecule has 0 bridgehead atoms. The second kappa shape index (κ2) is 6.64. The first-order valence-electron chi connectivity index (χ1n) is 6.93. The van der Waals surface area contributed by atoms with Gasteiger partial charge >= 0.3 is 0 Å². The molecular formula is C13H24N2OS. The summed E-state index contributed by atoms with van der Waals surface area (Å²) in [5.41, 5.74) is 5.79. The third-order valence-corrected chi connectivity index (χ3v) is 5.39. The summed E-state index contributed by atoms with van der Waals surface area (Å²) in [5, 5.41) is 3.45. The number of amides is 1. The summed E-state index contributed by atoms with van der Waals surface area (Å²) < 4.78 is 0. The highest BCUT2D eigenvalue weighted by Crippen LogP contribution is 2.27. The van der Waals surface area contributed by atoms with Crippen LogP contribution in [0.5, 0.6) is 0 Å². The second-order valence-electron chi connectivity index (χ2n) is 5.25. The molecule has 3 N–H and O–H groups in total. The van der Waals surface area contributed by atoms with Gasteiger partial charge in [-0.15, -0.1) is 11.8 Å². The molecular weight excluding hydrogens is 232 g/mol. The zero-order chi connectivity index (χ0) is 12.1. The van der Waals surface area contributed by atoms with Gasteiger partial charge in [-0.3, -0.25) is 4.79 Å².